The molecule has 3 nitrogen and oxygen atoms in total. The van der Waals surface area contributed by atoms with Gasteiger partial charge < -0.3 is 10.4 Å². The molecule has 100 valence electrons. The summed E-state index contributed by atoms with van der Waals surface area (Å²) in [6, 6.07) is 2.97. The van der Waals surface area contributed by atoms with E-state index < -0.39 is 28.9 Å². The smallest absolute Gasteiger partial charge is 0.381 e. The first-order chi connectivity index (χ1) is 8.01. The van der Waals surface area contributed by atoms with Crippen LogP contribution in [0.25, 0.3) is 0 Å². The maximum Gasteiger partial charge on any atom is 0.418 e. The molecule has 1 rings (SSSR count). The number of amides is 1. The van der Waals surface area contributed by atoms with Gasteiger partial charge in [0.05, 0.1) is 11.3 Å². The lowest BCUT2D eigenvalue weighted by molar-refractivity contribution is -0.137. The largest absolute Gasteiger partial charge is 0.418 e. The molecule has 0 heterocycles. The van der Waals surface area contributed by atoms with E-state index in [4.69, 9.17) is 11.6 Å². The van der Waals surface area contributed by atoms with Crippen molar-refractivity contribution in [1.82, 2.24) is 0 Å². The van der Waals surface area contributed by atoms with Crippen LogP contribution in [0, 0.1) is 0 Å². The Bertz CT molecular complexity index is 466. The second kappa shape index (κ2) is 4.78. The molecule has 0 bridgehead atoms. The van der Waals surface area contributed by atoms with Crippen LogP contribution in [0.1, 0.15) is 19.4 Å². The minimum Gasteiger partial charge on any atom is -0.381 e. The zero-order chi connectivity index (χ0) is 14.1. The number of alkyl halides is 3. The van der Waals surface area contributed by atoms with Gasteiger partial charge in [0.2, 0.25) is 0 Å². The topological polar surface area (TPSA) is 49.3 Å². The van der Waals surface area contributed by atoms with Gasteiger partial charge >= 0.3 is 6.18 Å². The number of nitrogens with one attached hydrogen (secondary N) is 1. The van der Waals surface area contributed by atoms with Crippen molar-refractivity contribution in [2.45, 2.75) is 25.6 Å². The van der Waals surface area contributed by atoms with Crippen LogP contribution in [0.3, 0.4) is 0 Å². The van der Waals surface area contributed by atoms with Gasteiger partial charge in [-0.3, -0.25) is 4.79 Å². The number of hydrogen-bond acceptors (Lipinski definition) is 2. The van der Waals surface area contributed by atoms with Gasteiger partial charge in [0.25, 0.3) is 5.91 Å². The summed E-state index contributed by atoms with van der Waals surface area (Å²) in [5, 5.41) is 11.3. The summed E-state index contributed by atoms with van der Waals surface area (Å²) >= 11 is 5.49. The Hall–Kier alpha value is -1.27. The van der Waals surface area contributed by atoms with Crippen molar-refractivity contribution in [3.63, 3.8) is 0 Å². The Kier molecular flexibility index (Phi) is 3.92. The first-order valence-electron chi connectivity index (χ1n) is 4.92. The quantitative estimate of drug-likeness (QED) is 0.875. The molecule has 0 fully saturated rings. The van der Waals surface area contributed by atoms with E-state index >= 15 is 0 Å². The van der Waals surface area contributed by atoms with Crippen LogP contribution in [0.5, 0.6) is 0 Å². The van der Waals surface area contributed by atoms with Gasteiger partial charge in [-0.25, -0.2) is 0 Å². The monoisotopic (exact) mass is 281 g/mol. The molecule has 0 atom stereocenters. The van der Waals surface area contributed by atoms with E-state index in [1.165, 1.54) is 19.9 Å². The molecule has 0 unspecified atom stereocenters. The van der Waals surface area contributed by atoms with Gasteiger partial charge in [0.15, 0.2) is 0 Å². The highest BCUT2D eigenvalue weighted by atomic mass is 35.5. The first-order valence-corrected chi connectivity index (χ1v) is 5.30. The van der Waals surface area contributed by atoms with Crippen molar-refractivity contribution in [2.75, 3.05) is 5.32 Å². The molecule has 0 aliphatic heterocycles. The van der Waals surface area contributed by atoms with Crippen LogP contribution in [0.2, 0.25) is 5.02 Å². The van der Waals surface area contributed by atoms with Crippen molar-refractivity contribution >= 4 is 23.2 Å². The molecular formula is C11H11ClF3NO2. The number of hydrogen-bond donors (Lipinski definition) is 2. The lowest BCUT2D eigenvalue weighted by atomic mass is 10.1. The number of rotatable bonds is 2. The van der Waals surface area contributed by atoms with Crippen LogP contribution >= 0.6 is 11.6 Å². The second-order valence-corrected chi connectivity index (χ2v) is 4.64. The maximum absolute atomic E-state index is 12.7. The molecule has 1 aromatic carbocycles. The number of anilines is 1. The summed E-state index contributed by atoms with van der Waals surface area (Å²) in [6.07, 6.45) is -4.65. The summed E-state index contributed by atoms with van der Waals surface area (Å²) in [5.41, 5.74) is -3.28. The molecule has 1 amide bonds. The van der Waals surface area contributed by atoms with Crippen LogP contribution < -0.4 is 5.32 Å². The molecule has 0 saturated carbocycles. The van der Waals surface area contributed by atoms with E-state index in [1.54, 1.807) is 0 Å². The highest BCUT2D eigenvalue weighted by Gasteiger charge is 2.35. The highest BCUT2D eigenvalue weighted by molar-refractivity contribution is 6.30. The van der Waals surface area contributed by atoms with Gasteiger partial charge in [-0.15, -0.1) is 0 Å². The zero-order valence-corrected chi connectivity index (χ0v) is 10.4. The number of aliphatic hydroxyl groups is 1. The maximum atomic E-state index is 12.7. The molecule has 0 spiro atoms. The summed E-state index contributed by atoms with van der Waals surface area (Å²) in [7, 11) is 0. The SMILES string of the molecule is CC(C)(O)C(=O)Nc1ccc(Cl)cc1C(F)(F)F. The summed E-state index contributed by atoms with van der Waals surface area (Å²) in [5.74, 6) is -0.935. The van der Waals surface area contributed by atoms with E-state index in [9.17, 15) is 23.1 Å². The fraction of sp³-hybridized carbons (Fsp3) is 0.364. The van der Waals surface area contributed by atoms with Crippen molar-refractivity contribution in [2.24, 2.45) is 0 Å². The van der Waals surface area contributed by atoms with Gasteiger partial charge in [-0.05, 0) is 32.0 Å². The van der Waals surface area contributed by atoms with Crippen molar-refractivity contribution in [3.05, 3.63) is 28.8 Å². The normalized spacial score (nSPS) is 12.4. The molecule has 0 aromatic heterocycles. The van der Waals surface area contributed by atoms with E-state index in [0.717, 1.165) is 6.07 Å². The Morgan fingerprint density at radius 1 is 1.33 bits per heavy atom. The lowest BCUT2D eigenvalue weighted by Crippen LogP contribution is -2.37. The van der Waals surface area contributed by atoms with Gasteiger partial charge in [-0.1, -0.05) is 11.6 Å². The van der Waals surface area contributed by atoms with E-state index in [2.05, 4.69) is 0 Å². The molecule has 0 radical (unpaired) electrons. The number of benzene rings is 1. The zero-order valence-electron chi connectivity index (χ0n) is 9.60. The highest BCUT2D eigenvalue weighted by Crippen LogP contribution is 2.36. The Morgan fingerprint density at radius 2 is 1.89 bits per heavy atom. The standard InChI is InChI=1S/C11H11ClF3NO2/c1-10(2,18)9(17)16-8-4-3-6(12)5-7(8)11(13,14)15/h3-5,18H,1-2H3,(H,16,17). The van der Waals surface area contributed by atoms with Crippen LogP contribution in [-0.2, 0) is 11.0 Å². The van der Waals surface area contributed by atoms with Crippen molar-refractivity contribution in [1.29, 1.82) is 0 Å². The third-order valence-corrected chi connectivity index (χ3v) is 2.33. The predicted octanol–water partition coefficient (Wildman–Crippen LogP) is 3.07. The third kappa shape index (κ3) is 3.61. The van der Waals surface area contributed by atoms with Crippen LogP contribution in [-0.4, -0.2) is 16.6 Å². The summed E-state index contributed by atoms with van der Waals surface area (Å²) in [4.78, 5) is 11.4. The lowest BCUT2D eigenvalue weighted by Gasteiger charge is -2.19. The minimum absolute atomic E-state index is 0.0939. The van der Waals surface area contributed by atoms with E-state index in [0.29, 0.717) is 6.07 Å². The number of carbonyl (C=O) groups is 1. The Balaban J connectivity index is 3.14. The second-order valence-electron chi connectivity index (χ2n) is 4.20. The molecule has 7 heteroatoms. The number of carbonyl (C=O) groups excluding carboxylic acids is 1. The molecule has 1 aromatic rings. The number of halogens is 4. The predicted molar refractivity (Wildman–Crippen MR) is 61.4 cm³/mol. The van der Waals surface area contributed by atoms with E-state index in [1.807, 2.05) is 5.32 Å². The van der Waals surface area contributed by atoms with E-state index in [-0.39, 0.29) is 5.02 Å². The van der Waals surface area contributed by atoms with Crippen molar-refractivity contribution < 1.29 is 23.1 Å². The molecule has 0 aliphatic rings. The third-order valence-electron chi connectivity index (χ3n) is 2.09. The summed E-state index contributed by atoms with van der Waals surface area (Å²) < 4.78 is 38.1. The molecule has 0 aliphatic carbocycles. The molecule has 0 saturated heterocycles. The van der Waals surface area contributed by atoms with Gasteiger partial charge in [-0.2, -0.15) is 13.2 Å². The van der Waals surface area contributed by atoms with Crippen LogP contribution in [0.4, 0.5) is 18.9 Å². The van der Waals surface area contributed by atoms with Gasteiger partial charge in [0.1, 0.15) is 5.60 Å². The molecule has 18 heavy (non-hydrogen) atoms. The Morgan fingerprint density at radius 3 is 2.33 bits per heavy atom. The fourth-order valence-corrected chi connectivity index (χ4v) is 1.31. The molecular weight excluding hydrogens is 271 g/mol. The van der Waals surface area contributed by atoms with Crippen LogP contribution in [0.15, 0.2) is 18.2 Å². The van der Waals surface area contributed by atoms with Gasteiger partial charge in [0, 0.05) is 5.02 Å². The Labute approximate surface area is 107 Å². The average Bonchev–Trinajstić information content (AvgIpc) is 2.17. The average molecular weight is 282 g/mol. The minimum atomic E-state index is -4.65. The van der Waals surface area contributed by atoms with Crippen molar-refractivity contribution in [3.8, 4) is 0 Å². The molecule has 2 N–H and O–H groups in total. The first kappa shape index (κ1) is 14.8. The summed E-state index contributed by atoms with van der Waals surface area (Å²) in [6.45, 7) is 2.34. The fourth-order valence-electron chi connectivity index (χ4n) is 1.14.